The van der Waals surface area contributed by atoms with Crippen LogP contribution in [0.5, 0.6) is 0 Å². The number of likely N-dealkylation sites (tertiary alicyclic amines) is 1. The second-order valence-electron chi connectivity index (χ2n) is 13.9. The number of alkyl carbamates (subject to hydrolysis) is 1. The lowest BCUT2D eigenvalue weighted by molar-refractivity contribution is -0.0127. The van der Waals surface area contributed by atoms with Crippen LogP contribution in [0.25, 0.3) is 0 Å². The number of aryl methyl sites for hydroxylation is 2. The fourth-order valence-corrected chi connectivity index (χ4v) is 9.21. The number of nitriles is 1. The highest BCUT2D eigenvalue weighted by Crippen LogP contribution is 2.57. The molecule has 3 aromatic rings. The van der Waals surface area contributed by atoms with E-state index in [0.717, 1.165) is 88.3 Å². The van der Waals surface area contributed by atoms with Gasteiger partial charge in [-0.15, -0.1) is 0 Å². The minimum atomic E-state index is -0.469. The van der Waals surface area contributed by atoms with Crippen molar-refractivity contribution in [3.63, 3.8) is 0 Å². The Morgan fingerprint density at radius 1 is 1.15 bits per heavy atom. The predicted octanol–water partition coefficient (Wildman–Crippen LogP) is 6.64. The van der Waals surface area contributed by atoms with Gasteiger partial charge in [-0.05, 0) is 107 Å². The Morgan fingerprint density at radius 2 is 1.89 bits per heavy atom. The molecule has 2 aliphatic heterocycles. The summed E-state index contributed by atoms with van der Waals surface area (Å²) in [4.78, 5) is 22.5. The van der Waals surface area contributed by atoms with Gasteiger partial charge in [-0.1, -0.05) is 19.1 Å². The minimum Gasteiger partial charge on any atom is -0.446 e. The zero-order valence-electron chi connectivity index (χ0n) is 28.3. The van der Waals surface area contributed by atoms with Crippen molar-refractivity contribution in [1.29, 1.82) is 5.26 Å². The first-order valence-electron chi connectivity index (χ1n) is 17.4. The number of imidazole rings is 1. The number of carbonyl (C=O) groups is 1. The van der Waals surface area contributed by atoms with Crippen molar-refractivity contribution >= 4 is 11.8 Å². The van der Waals surface area contributed by atoms with Crippen molar-refractivity contribution < 1.29 is 13.9 Å². The van der Waals surface area contributed by atoms with Gasteiger partial charge in [-0.3, -0.25) is 0 Å². The number of halogens is 1. The number of benzene rings is 2. The number of anilines is 1. The van der Waals surface area contributed by atoms with Crippen molar-refractivity contribution in [3.05, 3.63) is 83.2 Å². The van der Waals surface area contributed by atoms with E-state index in [9.17, 15) is 4.79 Å². The predicted molar refractivity (Wildman–Crippen MR) is 182 cm³/mol. The molecule has 1 aliphatic carbocycles. The molecule has 3 heterocycles. The summed E-state index contributed by atoms with van der Waals surface area (Å²) >= 11 is 0. The summed E-state index contributed by atoms with van der Waals surface area (Å²) in [5.74, 6) is 1.71. The van der Waals surface area contributed by atoms with Crippen LogP contribution in [-0.4, -0.2) is 66.4 Å². The van der Waals surface area contributed by atoms with Crippen molar-refractivity contribution in [2.75, 3.05) is 44.7 Å². The van der Waals surface area contributed by atoms with Gasteiger partial charge in [0.15, 0.2) is 0 Å². The van der Waals surface area contributed by atoms with Gasteiger partial charge >= 0.3 is 6.09 Å². The molecule has 1 aromatic heterocycles. The molecule has 3 fully saturated rings. The zero-order valence-corrected chi connectivity index (χ0v) is 28.3. The number of ether oxygens (including phenoxy) is 1. The molecule has 1 saturated carbocycles. The molecule has 6 rings (SSSR count). The number of hydrogen-bond acceptors (Lipinski definition) is 6. The lowest BCUT2D eigenvalue weighted by Gasteiger charge is -2.54. The second-order valence-corrected chi connectivity index (χ2v) is 13.9. The monoisotopic (exact) mass is 640 g/mol. The summed E-state index contributed by atoms with van der Waals surface area (Å²) in [6.45, 7) is 11.6. The van der Waals surface area contributed by atoms with Crippen LogP contribution in [0, 0.1) is 41.8 Å². The van der Waals surface area contributed by atoms with E-state index < -0.39 is 11.5 Å². The molecule has 3 aliphatic rings. The van der Waals surface area contributed by atoms with Gasteiger partial charge in [0.2, 0.25) is 0 Å². The van der Waals surface area contributed by atoms with E-state index in [1.54, 1.807) is 13.1 Å². The van der Waals surface area contributed by atoms with Crippen LogP contribution >= 0.6 is 0 Å². The summed E-state index contributed by atoms with van der Waals surface area (Å²) in [6.07, 6.45) is 6.99. The lowest BCUT2D eigenvalue weighted by atomic mass is 9.55. The van der Waals surface area contributed by atoms with E-state index in [1.807, 2.05) is 37.3 Å². The Bertz CT molecular complexity index is 1570. The fourth-order valence-electron chi connectivity index (χ4n) is 9.21. The van der Waals surface area contributed by atoms with Gasteiger partial charge in [0, 0.05) is 68.3 Å². The Morgan fingerprint density at radius 3 is 2.55 bits per heavy atom. The lowest BCUT2D eigenvalue weighted by Crippen LogP contribution is -2.56. The highest BCUT2D eigenvalue weighted by molar-refractivity contribution is 5.67. The van der Waals surface area contributed by atoms with Gasteiger partial charge in [-0.25, -0.2) is 14.2 Å². The van der Waals surface area contributed by atoms with E-state index in [4.69, 9.17) is 15.0 Å². The smallest absolute Gasteiger partial charge is 0.407 e. The fraction of sp³-hybridized carbons (Fsp3) is 0.553. The van der Waals surface area contributed by atoms with E-state index in [0.29, 0.717) is 11.5 Å². The summed E-state index contributed by atoms with van der Waals surface area (Å²) in [5.41, 5.74) is 3.39. The molecule has 3 unspecified atom stereocenters. The first-order valence-corrected chi connectivity index (χ1v) is 17.4. The Hall–Kier alpha value is -3.90. The number of hydrogen-bond donors (Lipinski definition) is 1. The molecule has 0 spiro atoms. The first-order chi connectivity index (χ1) is 22.8. The van der Waals surface area contributed by atoms with Gasteiger partial charge < -0.3 is 24.4 Å². The molecule has 0 bridgehead atoms. The number of amides is 1. The minimum absolute atomic E-state index is 0.0245. The summed E-state index contributed by atoms with van der Waals surface area (Å²) < 4.78 is 23.7. The average Bonchev–Trinajstić information content (AvgIpc) is 3.69. The van der Waals surface area contributed by atoms with E-state index >= 15 is 4.39 Å². The number of piperidine rings is 1. The second kappa shape index (κ2) is 14.1. The molecule has 250 valence electrons. The number of nitrogens with one attached hydrogen (secondary N) is 1. The van der Waals surface area contributed by atoms with Crippen LogP contribution < -0.4 is 10.2 Å². The molecular weight excluding hydrogens is 591 g/mol. The van der Waals surface area contributed by atoms with Crippen molar-refractivity contribution in [2.24, 2.45) is 17.8 Å². The van der Waals surface area contributed by atoms with E-state index in [2.05, 4.69) is 51.9 Å². The molecule has 47 heavy (non-hydrogen) atoms. The Kier molecular flexibility index (Phi) is 9.88. The normalized spacial score (nSPS) is 22.7. The summed E-state index contributed by atoms with van der Waals surface area (Å²) in [5, 5.41) is 11.8. The Balaban J connectivity index is 1.28. The molecule has 1 N–H and O–H groups in total. The molecule has 2 aromatic carbocycles. The van der Waals surface area contributed by atoms with E-state index in [1.165, 1.54) is 11.8 Å². The summed E-state index contributed by atoms with van der Waals surface area (Å²) in [6, 6.07) is 17.3. The molecule has 0 radical (unpaired) electrons. The number of aromatic nitrogens is 2. The van der Waals surface area contributed by atoms with Gasteiger partial charge in [0.25, 0.3) is 0 Å². The van der Waals surface area contributed by atoms with Gasteiger partial charge in [-0.2, -0.15) is 5.26 Å². The van der Waals surface area contributed by atoms with Crippen LogP contribution in [0.2, 0.25) is 0 Å². The molecule has 1 amide bonds. The van der Waals surface area contributed by atoms with Crippen LogP contribution in [0.3, 0.4) is 0 Å². The highest BCUT2D eigenvalue weighted by Gasteiger charge is 2.56. The van der Waals surface area contributed by atoms with Crippen molar-refractivity contribution in [2.45, 2.75) is 76.9 Å². The topological polar surface area (TPSA) is 86.4 Å². The number of nitrogens with zero attached hydrogens (tertiary/aromatic N) is 5. The third kappa shape index (κ3) is 6.49. The maximum atomic E-state index is 15.2. The number of carbonyl (C=O) groups excluding carboxylic acids is 1. The summed E-state index contributed by atoms with van der Waals surface area (Å²) in [7, 11) is 1.61. The zero-order chi connectivity index (χ0) is 33.1. The van der Waals surface area contributed by atoms with Gasteiger partial charge in [0.05, 0.1) is 17.3 Å². The molecule has 8 nitrogen and oxygen atoms in total. The van der Waals surface area contributed by atoms with Gasteiger partial charge in [0.1, 0.15) is 17.7 Å². The standard InChI is InChI=1S/C38H49FN6O2/c1-5-36-42-26(2)22-45(36)27(3)38(31-8-6-9-32(39)20-31,34-10-7-11-35(34)47-37(46)41-4)30-16-18-43(19-17-30)23-29-24-44(25-29)33-14-12-28(21-40)13-15-33/h6,8-9,12-15,20,22,27,29-30,34-35H,5,7,10-11,16-19,23-25H2,1-4H3,(H,41,46)/t27-,34?,35?,38?/m0/s1. The molecular formula is C38H49FN6O2. The third-order valence-electron chi connectivity index (χ3n) is 11.3. The highest BCUT2D eigenvalue weighted by atomic mass is 19.1. The molecule has 2 saturated heterocycles. The van der Waals surface area contributed by atoms with Crippen LogP contribution in [0.4, 0.5) is 14.9 Å². The number of rotatable bonds is 10. The van der Waals surface area contributed by atoms with Crippen LogP contribution in [0.1, 0.15) is 74.6 Å². The average molecular weight is 641 g/mol. The van der Waals surface area contributed by atoms with Crippen molar-refractivity contribution in [3.8, 4) is 6.07 Å². The van der Waals surface area contributed by atoms with Crippen LogP contribution in [0.15, 0.2) is 54.7 Å². The molecule has 4 atom stereocenters. The maximum absolute atomic E-state index is 15.2. The Labute approximate surface area is 278 Å². The third-order valence-corrected chi connectivity index (χ3v) is 11.3. The molecule has 9 heteroatoms. The van der Waals surface area contributed by atoms with E-state index in [-0.39, 0.29) is 29.8 Å². The quantitative estimate of drug-likeness (QED) is 0.268. The van der Waals surface area contributed by atoms with Crippen molar-refractivity contribution in [1.82, 2.24) is 19.8 Å². The van der Waals surface area contributed by atoms with Crippen LogP contribution in [-0.2, 0) is 16.6 Å². The largest absolute Gasteiger partial charge is 0.446 e. The maximum Gasteiger partial charge on any atom is 0.407 e. The SMILES string of the molecule is CCc1nc(C)cn1[C@@H](C)C(c1cccc(F)c1)(C1CCN(CC2CN(c3ccc(C#N)cc3)C2)CC1)C1CCCC1OC(=O)NC. The first kappa shape index (κ1) is 33.0.